The van der Waals surface area contributed by atoms with Crippen molar-refractivity contribution in [2.24, 2.45) is 0 Å². The summed E-state index contributed by atoms with van der Waals surface area (Å²) in [7, 11) is 3.73. The van der Waals surface area contributed by atoms with Crippen LogP contribution >= 0.6 is 0 Å². The Labute approximate surface area is 157 Å². The molecule has 2 aromatic rings. The van der Waals surface area contributed by atoms with Gasteiger partial charge in [0.25, 0.3) is 0 Å². The molecular weight excluding hydrogens is 349 g/mol. The molecule has 0 bridgehead atoms. The third-order valence-electron chi connectivity index (χ3n) is 4.57. The first-order valence-electron chi connectivity index (χ1n) is 8.88. The molecule has 1 aliphatic heterocycles. The highest BCUT2D eigenvalue weighted by molar-refractivity contribution is 5.87. The number of nitrogens with zero attached hydrogens (tertiary/aromatic N) is 4. The Balaban J connectivity index is 1.64. The second kappa shape index (κ2) is 8.30. The van der Waals surface area contributed by atoms with Gasteiger partial charge in [-0.1, -0.05) is 12.1 Å². The second-order valence-electron chi connectivity index (χ2n) is 6.88. The number of benzene rings is 1. The maximum atomic E-state index is 14.1. The zero-order valence-electron chi connectivity index (χ0n) is 15.5. The third kappa shape index (κ3) is 4.71. The van der Waals surface area contributed by atoms with Gasteiger partial charge < -0.3 is 20.2 Å². The van der Waals surface area contributed by atoms with E-state index in [0.717, 1.165) is 5.56 Å². The number of nitrogens with one attached hydrogen (secondary N) is 1. The van der Waals surface area contributed by atoms with Gasteiger partial charge in [-0.25, -0.2) is 14.2 Å². The first-order valence-corrected chi connectivity index (χ1v) is 8.88. The lowest BCUT2D eigenvalue weighted by Gasteiger charge is -2.26. The van der Waals surface area contributed by atoms with E-state index < -0.39 is 12.1 Å². The van der Waals surface area contributed by atoms with Gasteiger partial charge in [-0.2, -0.15) is 4.98 Å². The van der Waals surface area contributed by atoms with E-state index >= 15 is 0 Å². The summed E-state index contributed by atoms with van der Waals surface area (Å²) in [5, 5.41) is 12.4. The van der Waals surface area contributed by atoms with Gasteiger partial charge >= 0.3 is 5.97 Å². The SMILES string of the molecule is CN(C)c1nccc(N2C[C@@H](F)C[C@H]2CNCc2cccc(C(=O)O)c2)n1. The van der Waals surface area contributed by atoms with E-state index in [1.165, 1.54) is 0 Å². The average Bonchev–Trinajstić information content (AvgIpc) is 3.02. The minimum absolute atomic E-state index is 0.0208. The molecule has 1 aromatic heterocycles. The lowest BCUT2D eigenvalue weighted by molar-refractivity contribution is 0.0696. The summed E-state index contributed by atoms with van der Waals surface area (Å²) in [4.78, 5) is 23.6. The summed E-state index contributed by atoms with van der Waals surface area (Å²) in [5.41, 5.74) is 1.14. The fraction of sp³-hybridized carbons (Fsp3) is 0.421. The molecule has 1 aliphatic rings. The zero-order chi connectivity index (χ0) is 19.4. The van der Waals surface area contributed by atoms with Crippen LogP contribution in [0.25, 0.3) is 0 Å². The second-order valence-corrected chi connectivity index (χ2v) is 6.88. The summed E-state index contributed by atoms with van der Waals surface area (Å²) in [5.74, 6) is 0.361. The molecule has 0 amide bonds. The van der Waals surface area contributed by atoms with Crippen LogP contribution in [-0.2, 0) is 6.54 Å². The van der Waals surface area contributed by atoms with Gasteiger partial charge in [0.15, 0.2) is 0 Å². The van der Waals surface area contributed by atoms with Crippen LogP contribution in [0.3, 0.4) is 0 Å². The van der Waals surface area contributed by atoms with Gasteiger partial charge in [0.05, 0.1) is 12.1 Å². The number of carbonyl (C=O) groups is 1. The van der Waals surface area contributed by atoms with Crippen molar-refractivity contribution in [1.82, 2.24) is 15.3 Å². The van der Waals surface area contributed by atoms with E-state index in [1.807, 2.05) is 30.0 Å². The number of anilines is 2. The van der Waals surface area contributed by atoms with Crippen LogP contribution < -0.4 is 15.1 Å². The van der Waals surface area contributed by atoms with Crippen molar-refractivity contribution in [2.75, 3.05) is 37.0 Å². The van der Waals surface area contributed by atoms with Crippen LogP contribution in [0.1, 0.15) is 22.3 Å². The van der Waals surface area contributed by atoms with Crippen molar-refractivity contribution >= 4 is 17.7 Å². The van der Waals surface area contributed by atoms with E-state index in [9.17, 15) is 9.18 Å². The number of rotatable bonds is 7. The summed E-state index contributed by atoms with van der Waals surface area (Å²) < 4.78 is 14.1. The summed E-state index contributed by atoms with van der Waals surface area (Å²) in [6, 6.07) is 8.59. The van der Waals surface area contributed by atoms with Crippen molar-refractivity contribution < 1.29 is 14.3 Å². The molecule has 7 nitrogen and oxygen atoms in total. The molecule has 1 fully saturated rings. The van der Waals surface area contributed by atoms with Gasteiger partial charge in [-0.3, -0.25) is 0 Å². The van der Waals surface area contributed by atoms with Crippen LogP contribution in [0.15, 0.2) is 36.5 Å². The van der Waals surface area contributed by atoms with Crippen LogP contribution in [0.2, 0.25) is 0 Å². The van der Waals surface area contributed by atoms with Gasteiger partial charge in [-0.05, 0) is 23.8 Å². The molecule has 0 saturated carbocycles. The Bertz CT molecular complexity index is 801. The van der Waals surface area contributed by atoms with E-state index in [1.54, 1.807) is 30.5 Å². The Morgan fingerprint density at radius 2 is 2.22 bits per heavy atom. The van der Waals surface area contributed by atoms with Gasteiger partial charge in [0.1, 0.15) is 12.0 Å². The minimum Gasteiger partial charge on any atom is -0.478 e. The molecule has 2 N–H and O–H groups in total. The quantitative estimate of drug-likeness (QED) is 0.768. The van der Waals surface area contributed by atoms with Crippen molar-refractivity contribution in [3.05, 3.63) is 47.7 Å². The normalized spacial score (nSPS) is 19.3. The highest BCUT2D eigenvalue weighted by atomic mass is 19.1. The van der Waals surface area contributed by atoms with Gasteiger partial charge in [0.2, 0.25) is 5.95 Å². The van der Waals surface area contributed by atoms with Crippen molar-refractivity contribution in [3.8, 4) is 0 Å². The fourth-order valence-corrected chi connectivity index (χ4v) is 3.25. The van der Waals surface area contributed by atoms with E-state index in [4.69, 9.17) is 5.11 Å². The minimum atomic E-state index is -0.945. The van der Waals surface area contributed by atoms with Crippen LogP contribution in [-0.4, -0.2) is 60.4 Å². The number of carboxylic acids is 1. The molecule has 0 aliphatic carbocycles. The number of carboxylic acid groups (broad SMARTS) is 1. The van der Waals surface area contributed by atoms with Crippen molar-refractivity contribution in [1.29, 1.82) is 0 Å². The van der Waals surface area contributed by atoms with Crippen molar-refractivity contribution in [2.45, 2.75) is 25.2 Å². The molecule has 0 radical (unpaired) electrons. The number of aromatic carboxylic acids is 1. The zero-order valence-corrected chi connectivity index (χ0v) is 15.5. The standard InChI is InChI=1S/C19H24FN5O2/c1-24(2)19-22-7-6-17(23-19)25-12-15(20)9-16(25)11-21-10-13-4-3-5-14(8-13)18(26)27/h3-8,15-16,21H,9-12H2,1-2H3,(H,26,27)/t15-,16-/m0/s1. The number of hydrogen-bond acceptors (Lipinski definition) is 6. The molecule has 8 heteroatoms. The Morgan fingerprint density at radius 3 is 2.96 bits per heavy atom. The molecule has 1 saturated heterocycles. The molecule has 2 heterocycles. The number of halogens is 1. The highest BCUT2D eigenvalue weighted by Crippen LogP contribution is 2.26. The van der Waals surface area contributed by atoms with Crippen LogP contribution in [0.5, 0.6) is 0 Å². The lowest BCUT2D eigenvalue weighted by atomic mass is 10.1. The fourth-order valence-electron chi connectivity index (χ4n) is 3.25. The summed E-state index contributed by atoms with van der Waals surface area (Å²) in [6.45, 7) is 1.42. The molecule has 144 valence electrons. The predicted octanol–water partition coefficient (Wildman–Crippen LogP) is 1.95. The summed E-state index contributed by atoms with van der Waals surface area (Å²) in [6.07, 6.45) is 1.22. The highest BCUT2D eigenvalue weighted by Gasteiger charge is 2.32. The average molecular weight is 373 g/mol. The number of alkyl halides is 1. The maximum Gasteiger partial charge on any atom is 0.335 e. The first-order chi connectivity index (χ1) is 12.9. The first kappa shape index (κ1) is 19.0. The maximum absolute atomic E-state index is 14.1. The van der Waals surface area contributed by atoms with E-state index in [0.29, 0.717) is 37.8 Å². The Morgan fingerprint density at radius 1 is 1.41 bits per heavy atom. The molecular formula is C19H24FN5O2. The lowest BCUT2D eigenvalue weighted by Crippen LogP contribution is -2.38. The molecule has 27 heavy (non-hydrogen) atoms. The monoisotopic (exact) mass is 373 g/mol. The molecule has 1 aromatic carbocycles. The van der Waals surface area contributed by atoms with Gasteiger partial charge in [0, 0.05) is 45.8 Å². The Kier molecular flexibility index (Phi) is 5.85. The van der Waals surface area contributed by atoms with Crippen LogP contribution in [0, 0.1) is 0 Å². The molecule has 0 spiro atoms. The number of hydrogen-bond donors (Lipinski definition) is 2. The predicted molar refractivity (Wildman–Crippen MR) is 102 cm³/mol. The summed E-state index contributed by atoms with van der Waals surface area (Å²) >= 11 is 0. The largest absolute Gasteiger partial charge is 0.478 e. The van der Waals surface area contributed by atoms with E-state index in [-0.39, 0.29) is 11.6 Å². The number of aromatic nitrogens is 2. The van der Waals surface area contributed by atoms with Crippen molar-refractivity contribution in [3.63, 3.8) is 0 Å². The topological polar surface area (TPSA) is 81.6 Å². The molecule has 0 unspecified atom stereocenters. The Hall–Kier alpha value is -2.74. The molecule has 3 rings (SSSR count). The third-order valence-corrected chi connectivity index (χ3v) is 4.57. The molecule has 2 atom stereocenters. The van der Waals surface area contributed by atoms with Gasteiger partial charge in [-0.15, -0.1) is 0 Å². The van der Waals surface area contributed by atoms with E-state index in [2.05, 4.69) is 15.3 Å². The van der Waals surface area contributed by atoms with Crippen LogP contribution in [0.4, 0.5) is 16.2 Å². The smallest absolute Gasteiger partial charge is 0.335 e.